The Kier molecular flexibility index (Phi) is 5.46. The third-order valence-corrected chi connectivity index (χ3v) is 4.88. The maximum Gasteiger partial charge on any atom is 0.133 e. The first-order valence-electron chi connectivity index (χ1n) is 8.40. The first kappa shape index (κ1) is 15.8. The topological polar surface area (TPSA) is 45.0 Å². The van der Waals surface area contributed by atoms with Crippen LogP contribution in [0.15, 0.2) is 0 Å². The Hall–Kier alpha value is -0.590. The summed E-state index contributed by atoms with van der Waals surface area (Å²) in [6, 6.07) is 2.86. The van der Waals surface area contributed by atoms with Crippen LogP contribution < -0.4 is 5.32 Å². The monoisotopic (exact) mass is 278 g/mol. The molecule has 3 atom stereocenters. The molecule has 0 radical (unpaired) electrons. The summed E-state index contributed by atoms with van der Waals surface area (Å²) in [4.78, 5) is 0. The molecule has 114 valence electrons. The highest BCUT2D eigenvalue weighted by Gasteiger charge is 2.46. The molecule has 2 saturated carbocycles. The number of ether oxygens (including phenoxy) is 1. The molecule has 0 aromatic heterocycles. The summed E-state index contributed by atoms with van der Waals surface area (Å²) in [7, 11) is 0. The fraction of sp³-hybridized carbons (Fsp3) is 0.941. The molecular weight excluding hydrogens is 248 g/mol. The fourth-order valence-electron chi connectivity index (χ4n) is 3.54. The number of hydrogen-bond acceptors (Lipinski definition) is 3. The maximum atomic E-state index is 9.67. The van der Waals surface area contributed by atoms with Gasteiger partial charge in [0, 0.05) is 6.04 Å². The van der Waals surface area contributed by atoms with Crippen LogP contribution in [0.25, 0.3) is 0 Å². The molecule has 0 heterocycles. The highest BCUT2D eigenvalue weighted by atomic mass is 16.5. The zero-order chi connectivity index (χ0) is 14.6. The third kappa shape index (κ3) is 3.96. The largest absolute Gasteiger partial charge is 0.375 e. The lowest BCUT2D eigenvalue weighted by atomic mass is 9.85. The average molecular weight is 278 g/mol. The summed E-state index contributed by atoms with van der Waals surface area (Å²) < 4.78 is 6.19. The summed E-state index contributed by atoms with van der Waals surface area (Å²) in [6.07, 6.45) is 8.95. The molecule has 3 nitrogen and oxygen atoms in total. The Labute approximate surface area is 124 Å². The first-order chi connectivity index (χ1) is 9.59. The van der Waals surface area contributed by atoms with E-state index >= 15 is 0 Å². The molecular formula is C17H30N2O. The normalized spacial score (nSPS) is 29.9. The van der Waals surface area contributed by atoms with Crippen molar-refractivity contribution in [3.05, 3.63) is 0 Å². The van der Waals surface area contributed by atoms with E-state index in [2.05, 4.69) is 32.2 Å². The van der Waals surface area contributed by atoms with Crippen molar-refractivity contribution in [1.29, 1.82) is 5.26 Å². The van der Waals surface area contributed by atoms with Gasteiger partial charge in [-0.25, -0.2) is 0 Å². The second-order valence-electron chi connectivity index (χ2n) is 7.03. The number of nitriles is 1. The van der Waals surface area contributed by atoms with Crippen molar-refractivity contribution < 1.29 is 4.74 Å². The molecule has 2 rings (SSSR count). The minimum absolute atomic E-state index is 0.327. The van der Waals surface area contributed by atoms with Gasteiger partial charge in [-0.1, -0.05) is 26.2 Å². The molecule has 0 spiro atoms. The van der Waals surface area contributed by atoms with Gasteiger partial charge in [0.05, 0.1) is 18.8 Å². The van der Waals surface area contributed by atoms with Gasteiger partial charge in [0.2, 0.25) is 0 Å². The Morgan fingerprint density at radius 3 is 2.60 bits per heavy atom. The van der Waals surface area contributed by atoms with Crippen LogP contribution in [0, 0.1) is 23.2 Å². The van der Waals surface area contributed by atoms with E-state index in [4.69, 9.17) is 4.74 Å². The summed E-state index contributed by atoms with van der Waals surface area (Å²) >= 11 is 0. The van der Waals surface area contributed by atoms with E-state index in [0.717, 1.165) is 5.92 Å². The molecule has 3 heteroatoms. The summed E-state index contributed by atoms with van der Waals surface area (Å²) in [5.41, 5.74) is -0.451. The van der Waals surface area contributed by atoms with Gasteiger partial charge in [0.25, 0.3) is 0 Å². The summed E-state index contributed by atoms with van der Waals surface area (Å²) in [5.74, 6) is 1.31. The van der Waals surface area contributed by atoms with Crippen molar-refractivity contribution in [2.24, 2.45) is 11.8 Å². The predicted molar refractivity (Wildman–Crippen MR) is 81.3 cm³/mol. The molecule has 1 N–H and O–H groups in total. The van der Waals surface area contributed by atoms with Gasteiger partial charge in [0.1, 0.15) is 5.54 Å². The van der Waals surface area contributed by atoms with E-state index in [1.165, 1.54) is 44.9 Å². The van der Waals surface area contributed by atoms with Gasteiger partial charge in [-0.2, -0.15) is 5.26 Å². The van der Waals surface area contributed by atoms with Gasteiger partial charge < -0.3 is 4.74 Å². The van der Waals surface area contributed by atoms with Crippen LogP contribution in [-0.4, -0.2) is 24.3 Å². The highest BCUT2D eigenvalue weighted by molar-refractivity contribution is 5.16. The molecule has 0 aromatic carbocycles. The molecule has 2 aliphatic carbocycles. The highest BCUT2D eigenvalue weighted by Crippen LogP contribution is 2.40. The average Bonchev–Trinajstić information content (AvgIpc) is 3.28. The Morgan fingerprint density at radius 2 is 2.05 bits per heavy atom. The van der Waals surface area contributed by atoms with Gasteiger partial charge in [0.15, 0.2) is 0 Å². The molecule has 0 aromatic rings. The molecule has 3 unspecified atom stereocenters. The van der Waals surface area contributed by atoms with Crippen molar-refractivity contribution in [1.82, 2.24) is 5.32 Å². The quantitative estimate of drug-likeness (QED) is 0.773. The van der Waals surface area contributed by atoms with Crippen LogP contribution in [0.3, 0.4) is 0 Å². The van der Waals surface area contributed by atoms with Crippen molar-refractivity contribution in [3.8, 4) is 6.07 Å². The van der Waals surface area contributed by atoms with Crippen molar-refractivity contribution >= 4 is 0 Å². The minimum atomic E-state index is -0.451. The Bertz CT molecular complexity index is 345. The van der Waals surface area contributed by atoms with Crippen LogP contribution in [0.5, 0.6) is 0 Å². The molecule has 0 saturated heterocycles. The van der Waals surface area contributed by atoms with Crippen LogP contribution in [0.2, 0.25) is 0 Å². The summed E-state index contributed by atoms with van der Waals surface area (Å²) in [6.45, 7) is 7.06. The predicted octanol–water partition coefficient (Wildman–Crippen LogP) is 3.64. The lowest BCUT2D eigenvalue weighted by molar-refractivity contribution is -0.0152. The van der Waals surface area contributed by atoms with Gasteiger partial charge >= 0.3 is 0 Å². The van der Waals surface area contributed by atoms with Crippen LogP contribution >= 0.6 is 0 Å². The molecule has 0 aliphatic heterocycles. The zero-order valence-electron chi connectivity index (χ0n) is 13.3. The molecule has 20 heavy (non-hydrogen) atoms. The van der Waals surface area contributed by atoms with E-state index in [1.807, 2.05) is 0 Å². The van der Waals surface area contributed by atoms with Gasteiger partial charge in [-0.05, 0) is 51.4 Å². The standard InChI is InChI=1S/C17H30N2O/c1-4-14-6-5-7-16(10-14)20-12-17(11-18,15-8-9-15)19-13(2)3/h13-16,19H,4-10,12H2,1-3H3. The maximum absolute atomic E-state index is 9.67. The number of nitrogens with zero attached hydrogens (tertiary/aromatic N) is 1. The smallest absolute Gasteiger partial charge is 0.133 e. The van der Waals surface area contributed by atoms with E-state index < -0.39 is 5.54 Å². The number of nitrogens with one attached hydrogen (secondary N) is 1. The van der Waals surface area contributed by atoms with E-state index in [0.29, 0.717) is 24.7 Å². The Morgan fingerprint density at radius 1 is 1.30 bits per heavy atom. The van der Waals surface area contributed by atoms with Gasteiger partial charge in [-0.15, -0.1) is 0 Å². The minimum Gasteiger partial charge on any atom is -0.375 e. The van der Waals surface area contributed by atoms with Crippen molar-refractivity contribution in [3.63, 3.8) is 0 Å². The third-order valence-electron chi connectivity index (χ3n) is 4.88. The molecule has 2 aliphatic rings. The second kappa shape index (κ2) is 6.91. The van der Waals surface area contributed by atoms with Crippen LogP contribution in [0.4, 0.5) is 0 Å². The van der Waals surface area contributed by atoms with Gasteiger partial charge in [-0.3, -0.25) is 5.32 Å². The lowest BCUT2D eigenvalue weighted by Crippen LogP contribution is -2.53. The zero-order valence-corrected chi connectivity index (χ0v) is 13.3. The lowest BCUT2D eigenvalue weighted by Gasteiger charge is -2.34. The summed E-state index contributed by atoms with van der Waals surface area (Å²) in [5, 5.41) is 13.2. The first-order valence-corrected chi connectivity index (χ1v) is 8.40. The molecule has 0 amide bonds. The van der Waals surface area contributed by atoms with Crippen LogP contribution in [-0.2, 0) is 4.74 Å². The number of hydrogen-bond donors (Lipinski definition) is 1. The second-order valence-corrected chi connectivity index (χ2v) is 7.03. The SMILES string of the molecule is CCC1CCCC(OCC(C#N)(NC(C)C)C2CC2)C1. The van der Waals surface area contributed by atoms with Crippen LogP contribution in [0.1, 0.15) is 65.7 Å². The van der Waals surface area contributed by atoms with E-state index in [1.54, 1.807) is 0 Å². The van der Waals surface area contributed by atoms with E-state index in [9.17, 15) is 5.26 Å². The molecule has 2 fully saturated rings. The Balaban J connectivity index is 1.90. The number of rotatable bonds is 7. The van der Waals surface area contributed by atoms with Crippen molar-refractivity contribution in [2.45, 2.75) is 83.4 Å². The van der Waals surface area contributed by atoms with Crippen molar-refractivity contribution in [2.75, 3.05) is 6.61 Å². The fourth-order valence-corrected chi connectivity index (χ4v) is 3.54. The molecule has 0 bridgehead atoms. The van der Waals surface area contributed by atoms with E-state index in [-0.39, 0.29) is 0 Å².